The maximum atomic E-state index is 12.5. The van der Waals surface area contributed by atoms with E-state index >= 15 is 0 Å². The molecule has 4 nitrogen and oxygen atoms in total. The van der Waals surface area contributed by atoms with Crippen molar-refractivity contribution in [1.82, 2.24) is 0 Å². The maximum absolute atomic E-state index is 12.5. The molecule has 0 amide bonds. The molecule has 0 aromatic heterocycles. The van der Waals surface area contributed by atoms with Gasteiger partial charge in [0.2, 0.25) is 0 Å². The van der Waals surface area contributed by atoms with E-state index in [0.29, 0.717) is 11.7 Å². The average molecular weight is 536 g/mol. The van der Waals surface area contributed by atoms with E-state index in [-0.39, 0.29) is 23.0 Å². The number of hydrogen-bond donors (Lipinski definition) is 0. The second-order valence-electron chi connectivity index (χ2n) is 8.37. The molecule has 35 heavy (non-hydrogen) atoms. The molecule has 2 fully saturated rings. The molecule has 6 heteroatoms. The minimum atomic E-state index is 0. The van der Waals surface area contributed by atoms with Gasteiger partial charge in [0, 0.05) is 6.42 Å². The van der Waals surface area contributed by atoms with E-state index in [9.17, 15) is 4.79 Å². The maximum Gasteiger partial charge on any atom is 2.00 e. The van der Waals surface area contributed by atoms with Crippen molar-refractivity contribution < 1.29 is 35.9 Å². The monoisotopic (exact) mass is 535 g/mol. The van der Waals surface area contributed by atoms with Crippen molar-refractivity contribution in [3.05, 3.63) is 79.2 Å². The predicted octanol–water partition coefficient (Wildman–Crippen LogP) is 7.44. The van der Waals surface area contributed by atoms with Crippen LogP contribution < -0.4 is 4.74 Å². The Morgan fingerprint density at radius 1 is 0.914 bits per heavy atom. The van der Waals surface area contributed by atoms with Crippen molar-refractivity contribution in [3.63, 3.8) is 0 Å². The van der Waals surface area contributed by atoms with Gasteiger partial charge in [-0.25, -0.2) is 0 Å². The zero-order valence-electron chi connectivity index (χ0n) is 20.4. The number of ketones is 1. The first kappa shape index (κ1) is 33.3. The number of methoxy groups -OCH3 is 1. The van der Waals surface area contributed by atoms with Crippen LogP contribution in [0.4, 0.5) is 0 Å². The normalized spacial score (nSPS) is 18.1. The molecule has 4 rings (SSSR count). The fraction of sp³-hybridized carbons (Fsp3) is 0.448. The molecule has 0 bridgehead atoms. The van der Waals surface area contributed by atoms with Crippen LogP contribution in [0, 0.1) is 30.9 Å². The minimum absolute atomic E-state index is 0. The van der Waals surface area contributed by atoms with Crippen molar-refractivity contribution in [2.75, 3.05) is 7.11 Å². The van der Waals surface area contributed by atoms with Crippen LogP contribution in [0.1, 0.15) is 63.4 Å². The molecule has 2 aliphatic rings. The van der Waals surface area contributed by atoms with E-state index in [4.69, 9.17) is 14.0 Å². The van der Waals surface area contributed by atoms with E-state index in [0.717, 1.165) is 37.9 Å². The third-order valence-electron chi connectivity index (χ3n) is 6.18. The Labute approximate surface area is 225 Å². The van der Waals surface area contributed by atoms with Crippen LogP contribution in [0.5, 0.6) is 5.75 Å². The number of carbonyl (C=O) groups excluding carboxylic acids is 1. The average Bonchev–Trinajstić information content (AvgIpc) is 3.51. The van der Waals surface area contributed by atoms with Gasteiger partial charge in [-0.05, 0) is 41.9 Å². The molecule has 2 aromatic carbocycles. The standard InChI is InChI=1S/C22H25O2S.C5H10.2CO.Fe/c1-24-19-14-11-17(12-15-19)10-13-18-6-5-9-22(23)21(18)16-25-20-7-3-2-4-8-20;1-2-4-5-3-1;2*1-2;/h2-4,7-8,11-12,14-16,18,21H,5-6,9-10,13H2,1H3;1-5H2;;;/q-1;;;;+2/t18-,21-;;;;/m1..../s1. The molecule has 2 atom stereocenters. The van der Waals surface area contributed by atoms with E-state index < -0.39 is 0 Å². The third kappa shape index (κ3) is 13.2. The van der Waals surface area contributed by atoms with E-state index in [1.165, 1.54) is 42.6 Å². The quantitative estimate of drug-likeness (QED) is 0.160. The first-order valence-electron chi connectivity index (χ1n) is 11.9. The van der Waals surface area contributed by atoms with Crippen LogP contribution in [-0.2, 0) is 37.6 Å². The Kier molecular flexibility index (Phi) is 20.5. The first-order valence-corrected chi connectivity index (χ1v) is 12.8. The van der Waals surface area contributed by atoms with Crippen LogP contribution in [0.2, 0.25) is 0 Å². The summed E-state index contributed by atoms with van der Waals surface area (Å²) < 4.78 is 20.2. The van der Waals surface area contributed by atoms with Gasteiger partial charge in [-0.2, -0.15) is 0 Å². The Morgan fingerprint density at radius 2 is 1.49 bits per heavy atom. The molecular weight excluding hydrogens is 500 g/mol. The number of rotatable bonds is 7. The largest absolute Gasteiger partial charge is 2.00 e. The van der Waals surface area contributed by atoms with E-state index in [1.807, 2.05) is 30.3 Å². The molecule has 0 spiro atoms. The summed E-state index contributed by atoms with van der Waals surface area (Å²) in [5.41, 5.74) is 1.31. The molecule has 2 aliphatic carbocycles. The van der Waals surface area contributed by atoms with E-state index in [1.54, 1.807) is 18.9 Å². The van der Waals surface area contributed by atoms with Crippen molar-refractivity contribution in [1.29, 1.82) is 0 Å². The summed E-state index contributed by atoms with van der Waals surface area (Å²) in [6, 6.07) is 18.6. The topological polar surface area (TPSA) is 66.1 Å². The molecule has 0 radical (unpaired) electrons. The molecule has 2 saturated carbocycles. The molecule has 0 aliphatic heterocycles. The van der Waals surface area contributed by atoms with Crippen LogP contribution in [0.25, 0.3) is 0 Å². The van der Waals surface area contributed by atoms with Crippen molar-refractivity contribution in [2.24, 2.45) is 11.8 Å². The van der Waals surface area contributed by atoms with Crippen LogP contribution in [0.15, 0.2) is 59.5 Å². The first-order chi connectivity index (χ1) is 16.8. The van der Waals surface area contributed by atoms with Crippen LogP contribution in [0.3, 0.4) is 0 Å². The third-order valence-corrected chi connectivity index (χ3v) is 7.16. The van der Waals surface area contributed by atoms with Crippen molar-refractivity contribution >= 4 is 17.5 Å². The van der Waals surface area contributed by atoms with Gasteiger partial charge in [-0.1, -0.05) is 92.8 Å². The summed E-state index contributed by atoms with van der Waals surface area (Å²) in [5, 5.41) is 0. The number of Topliss-reactive ketones (excluding diaryl/α,β-unsaturated/α-hetero) is 1. The SMILES string of the molecule is C1CCCC1.COc1ccc(CC[C@H]2CCCC(=O)[C@@H]2[CH-]Sc2ccccc2)cc1.[C-]#[O+].[C-]#[O+].[Fe+2]. The Balaban J connectivity index is 0.000000995. The van der Waals surface area contributed by atoms with Gasteiger partial charge < -0.3 is 21.3 Å². The fourth-order valence-electron chi connectivity index (χ4n) is 4.34. The van der Waals surface area contributed by atoms with Gasteiger partial charge in [0.1, 0.15) is 11.5 Å². The summed E-state index contributed by atoms with van der Waals surface area (Å²) in [6.07, 6.45) is 12.5. The number of carbonyl (C=O) groups is 1. The summed E-state index contributed by atoms with van der Waals surface area (Å²) in [6.45, 7) is 9.00. The minimum Gasteiger partial charge on any atom is 2.00 e. The molecule has 0 unspecified atom stereocenters. The molecule has 188 valence electrons. The number of hydrogen-bond acceptors (Lipinski definition) is 3. The van der Waals surface area contributed by atoms with Crippen molar-refractivity contribution in [3.8, 4) is 5.75 Å². The van der Waals surface area contributed by atoms with Crippen molar-refractivity contribution in [2.45, 2.75) is 69.1 Å². The predicted molar refractivity (Wildman–Crippen MR) is 135 cm³/mol. The number of ether oxygens (including phenoxy) is 1. The number of benzene rings is 2. The van der Waals surface area contributed by atoms with E-state index in [2.05, 4.69) is 43.3 Å². The summed E-state index contributed by atoms with van der Waals surface area (Å²) in [7, 11) is 1.69. The Hall–Kier alpha value is -1.74. The van der Waals surface area contributed by atoms with Gasteiger partial charge in [-0.3, -0.25) is 5.75 Å². The summed E-state index contributed by atoms with van der Waals surface area (Å²) >= 11 is 1.70. The van der Waals surface area contributed by atoms with Gasteiger partial charge in [0.05, 0.1) is 7.11 Å². The number of aryl methyl sites for hydroxylation is 1. The fourth-order valence-corrected chi connectivity index (χ4v) is 5.33. The molecular formula is C29H35FeO4S+. The van der Waals surface area contributed by atoms with Crippen LogP contribution >= 0.6 is 11.8 Å². The van der Waals surface area contributed by atoms with Gasteiger partial charge in [0.25, 0.3) is 0 Å². The molecule has 2 aromatic rings. The zero-order chi connectivity index (χ0) is 25.0. The van der Waals surface area contributed by atoms with Gasteiger partial charge >= 0.3 is 39.7 Å². The van der Waals surface area contributed by atoms with Gasteiger partial charge in [-0.15, -0.1) is 0 Å². The second-order valence-corrected chi connectivity index (χ2v) is 9.35. The number of thioether (sulfide) groups is 1. The Bertz CT molecular complexity index is 818. The zero-order valence-corrected chi connectivity index (χ0v) is 22.3. The molecule has 0 heterocycles. The smallest absolute Gasteiger partial charge is 2.00 e. The molecule has 0 saturated heterocycles. The Morgan fingerprint density at radius 3 is 2.03 bits per heavy atom. The second kappa shape index (κ2) is 21.5. The van der Waals surface area contributed by atoms with Crippen LogP contribution in [-0.4, -0.2) is 12.9 Å². The molecule has 0 N–H and O–H groups in total. The van der Waals surface area contributed by atoms with Gasteiger partial charge in [0.15, 0.2) is 0 Å². The summed E-state index contributed by atoms with van der Waals surface area (Å²) in [4.78, 5) is 13.7. The summed E-state index contributed by atoms with van der Waals surface area (Å²) in [5.74, 6) is 4.02.